The van der Waals surface area contributed by atoms with Crippen molar-refractivity contribution in [3.63, 3.8) is 0 Å². The Hall–Kier alpha value is -5.13. The Morgan fingerprint density at radius 2 is 0.821 bits per heavy atom. The standard InChI is InChI=1S/C74H92N8.2Zn/c1-17-41-45(21-5)63-37-67-49(25-9)53(29-13)71(79-67)57(72-54(30-14)50(26-10)68(80-72)38-64-46(22-6)42(18-2)60(76-64)35-59(41)75-63)33-34-58-73-55(31-15)51(27-11)69(81-73)39-65-47(23-7)43(19-3)61(77-65)36-62-44(20-4)48(24-8)66(78-62)40-70-52(28-12)56(32-16)74(58)82-70;;/h35-40,59,63H,17-34H2,1-16H3;;/q-4;2*+2. The second kappa shape index (κ2) is 27.7. The van der Waals surface area contributed by atoms with Crippen LogP contribution in [0.3, 0.4) is 0 Å². The van der Waals surface area contributed by atoms with Crippen LogP contribution in [0, 0.1) is 0 Å². The molecule has 0 aromatic carbocycles. The molecule has 0 amide bonds. The number of hydrogen-bond acceptors (Lipinski definition) is 4. The molecule has 0 saturated heterocycles. The normalized spacial score (nSPS) is 17.8. The second-order valence-electron chi connectivity index (χ2n) is 22.8. The van der Waals surface area contributed by atoms with Crippen LogP contribution in [-0.2, 0) is 83.9 Å². The van der Waals surface area contributed by atoms with Crippen LogP contribution in [0.2, 0.25) is 0 Å². The second-order valence-corrected chi connectivity index (χ2v) is 22.8. The van der Waals surface area contributed by atoms with Crippen LogP contribution < -0.4 is 25.7 Å². The van der Waals surface area contributed by atoms with E-state index in [4.69, 9.17) is 40.2 Å². The first kappa shape index (κ1) is 64.9. The zero-order valence-electron chi connectivity index (χ0n) is 54.3. The topological polar surface area (TPSA) is 107 Å². The number of fused-ring (bicyclic) bond motifs is 14. The predicted octanol–water partition coefficient (Wildman–Crippen LogP) is 17.1. The summed E-state index contributed by atoms with van der Waals surface area (Å²) in [5, 5.41) is 7.82. The van der Waals surface area contributed by atoms with Gasteiger partial charge in [-0.15, -0.1) is 32.8 Å². The summed E-state index contributed by atoms with van der Waals surface area (Å²) in [4.78, 5) is 40.2. The number of rotatable bonds is 19. The van der Waals surface area contributed by atoms with Gasteiger partial charge in [-0.25, -0.2) is 20.0 Å². The minimum Gasteiger partial charge on any atom is -0.657 e. The molecule has 0 saturated carbocycles. The van der Waals surface area contributed by atoms with Gasteiger partial charge in [0, 0.05) is 0 Å². The first-order chi connectivity index (χ1) is 39.9. The molecule has 6 aliphatic heterocycles. The average Bonchev–Trinajstić information content (AvgIpc) is 4.53. The van der Waals surface area contributed by atoms with Gasteiger partial charge >= 0.3 is 39.0 Å². The summed E-state index contributed by atoms with van der Waals surface area (Å²) < 4.78 is 0. The third-order valence-corrected chi connectivity index (χ3v) is 19.1. The maximum absolute atomic E-state index is 5.93. The first-order valence-electron chi connectivity index (χ1n) is 32.5. The molecular formula is C74H92N8Zn2. The summed E-state index contributed by atoms with van der Waals surface area (Å²) >= 11 is 0. The van der Waals surface area contributed by atoms with Gasteiger partial charge in [0.2, 0.25) is 0 Å². The summed E-state index contributed by atoms with van der Waals surface area (Å²) in [6.07, 6.45) is 22.8. The monoisotopic (exact) mass is 1220 g/mol. The van der Waals surface area contributed by atoms with Crippen molar-refractivity contribution in [3.8, 4) is 0 Å². The van der Waals surface area contributed by atoms with Crippen LogP contribution in [0.15, 0.2) is 85.2 Å². The van der Waals surface area contributed by atoms with Gasteiger partial charge in [0.1, 0.15) is 0 Å². The van der Waals surface area contributed by atoms with E-state index in [9.17, 15) is 0 Å². The van der Waals surface area contributed by atoms with Crippen molar-refractivity contribution >= 4 is 67.4 Å². The molecule has 6 aliphatic rings. The molecule has 2 unspecified atom stereocenters. The van der Waals surface area contributed by atoms with Gasteiger partial charge in [-0.3, -0.25) is 0 Å². The Labute approximate surface area is 529 Å². The molecule has 4 aromatic heterocycles. The summed E-state index contributed by atoms with van der Waals surface area (Å²) in [5.41, 5.74) is 36.4. The maximum Gasteiger partial charge on any atom is 2.00 e. The number of hydrogen-bond donors (Lipinski definition) is 0. The molecule has 10 heterocycles. The van der Waals surface area contributed by atoms with Gasteiger partial charge in [0.15, 0.2) is 0 Å². The van der Waals surface area contributed by atoms with E-state index in [1.165, 1.54) is 100 Å². The number of aryl methyl sites for hydroxylation is 5. The van der Waals surface area contributed by atoms with Crippen LogP contribution in [0.4, 0.5) is 0 Å². The number of aliphatic imine (C=N–C) groups is 2. The SMILES string of the molecule is CCC1=C(CC)C2=NC1=CC1[N-]C(C=C3N=C(C(CC)=C3CC)C(CCc3c4nc(cc5[n-]c(cc6nc(cc7[n-]c3c(CC)c7CC)C(CC)=C6CC)c(CC)c5CC)C(CC)=C4CC)=c3[n-]c(c(CC)c3CC)=C2)C(CC)=C1CC.[Zn+2].[Zn+2]. The van der Waals surface area contributed by atoms with E-state index in [1.807, 2.05) is 0 Å². The van der Waals surface area contributed by atoms with E-state index >= 15 is 0 Å². The van der Waals surface area contributed by atoms with Crippen LogP contribution in [0.25, 0.3) is 61.3 Å². The minimum absolute atomic E-state index is 0. The summed E-state index contributed by atoms with van der Waals surface area (Å²) in [6, 6.07) is 6.84. The molecule has 0 fully saturated rings. The molecule has 0 radical (unpaired) electrons. The maximum atomic E-state index is 5.93. The van der Waals surface area contributed by atoms with Crippen molar-refractivity contribution in [2.24, 2.45) is 9.98 Å². The van der Waals surface area contributed by atoms with Gasteiger partial charge < -0.3 is 20.3 Å². The Balaban J connectivity index is 0.00000460. The molecule has 0 spiro atoms. The molecule has 8 nitrogen and oxygen atoms in total. The Morgan fingerprint density at radius 1 is 0.369 bits per heavy atom. The van der Waals surface area contributed by atoms with E-state index in [-0.39, 0.29) is 51.0 Å². The summed E-state index contributed by atoms with van der Waals surface area (Å²) in [6.45, 7) is 36.8. The molecule has 4 aromatic rings. The largest absolute Gasteiger partial charge is 2.00 e. The van der Waals surface area contributed by atoms with E-state index in [0.29, 0.717) is 12.8 Å². The van der Waals surface area contributed by atoms with Crippen LogP contribution >= 0.6 is 0 Å². The fraction of sp³-hybridized carbons (Fsp3) is 0.486. The van der Waals surface area contributed by atoms with Crippen molar-refractivity contribution in [2.45, 2.75) is 238 Å². The van der Waals surface area contributed by atoms with E-state index in [1.54, 1.807) is 0 Å². The molecular weight excluding hydrogens is 1130 g/mol. The zero-order valence-corrected chi connectivity index (χ0v) is 60.3. The number of allylic oxidation sites excluding steroid dienone is 8. The van der Waals surface area contributed by atoms with Gasteiger partial charge in [0.05, 0.1) is 45.6 Å². The summed E-state index contributed by atoms with van der Waals surface area (Å²) in [7, 11) is 0. The number of aromatic nitrogens is 5. The zero-order chi connectivity index (χ0) is 58.3. The predicted molar refractivity (Wildman–Crippen MR) is 350 cm³/mol. The fourth-order valence-electron chi connectivity index (χ4n) is 15.3. The van der Waals surface area contributed by atoms with E-state index in [2.05, 4.69) is 147 Å². The van der Waals surface area contributed by atoms with Crippen LogP contribution in [0.1, 0.15) is 243 Å². The van der Waals surface area contributed by atoms with Crippen molar-refractivity contribution in [1.82, 2.24) is 24.9 Å². The molecule has 84 heavy (non-hydrogen) atoms. The van der Waals surface area contributed by atoms with Crippen molar-refractivity contribution in [3.05, 3.63) is 153 Å². The van der Waals surface area contributed by atoms with E-state index in [0.717, 1.165) is 181 Å². The van der Waals surface area contributed by atoms with Gasteiger partial charge in [-0.05, 0) is 171 Å². The van der Waals surface area contributed by atoms with Crippen molar-refractivity contribution < 1.29 is 39.0 Å². The molecule has 16 bridgehead atoms. The van der Waals surface area contributed by atoms with Crippen LogP contribution in [0.5, 0.6) is 0 Å². The van der Waals surface area contributed by atoms with Gasteiger partial charge in [0.25, 0.3) is 0 Å². The van der Waals surface area contributed by atoms with Crippen molar-refractivity contribution in [2.75, 3.05) is 0 Å². The first-order valence-corrected chi connectivity index (χ1v) is 32.5. The minimum atomic E-state index is -0.0563. The van der Waals surface area contributed by atoms with Gasteiger partial charge in [-0.2, -0.15) is 0 Å². The quantitative estimate of drug-likeness (QED) is 0.0687. The van der Waals surface area contributed by atoms with E-state index < -0.39 is 0 Å². The fourth-order valence-corrected chi connectivity index (χ4v) is 15.3. The third-order valence-electron chi connectivity index (χ3n) is 19.1. The molecule has 0 aliphatic carbocycles. The average molecular weight is 1220 g/mol. The van der Waals surface area contributed by atoms with Gasteiger partial charge in [-0.1, -0.05) is 204 Å². The smallest absolute Gasteiger partial charge is 0.657 e. The molecule has 10 rings (SSSR count). The van der Waals surface area contributed by atoms with Crippen molar-refractivity contribution in [1.29, 1.82) is 0 Å². The summed E-state index contributed by atoms with van der Waals surface area (Å²) in [5.74, 6) is 0. The molecule has 0 N–H and O–H groups in total. The Bertz CT molecular complexity index is 3860. The Morgan fingerprint density at radius 3 is 1.31 bits per heavy atom. The van der Waals surface area contributed by atoms with Crippen LogP contribution in [-0.4, -0.2) is 33.5 Å². The molecule has 10 heteroatoms. The Kier molecular flexibility index (Phi) is 21.4. The molecule has 2 atom stereocenters. The number of nitrogens with zero attached hydrogens (tertiary/aromatic N) is 8. The third kappa shape index (κ3) is 11.1. The molecule has 432 valence electrons.